The van der Waals surface area contributed by atoms with Gasteiger partial charge in [0.25, 0.3) is 0 Å². The molecule has 3 aromatic rings. The average Bonchev–Trinajstić information content (AvgIpc) is 2.72. The Bertz CT molecular complexity index is 929. The van der Waals surface area contributed by atoms with Gasteiger partial charge in [0.05, 0.1) is 0 Å². The molecule has 3 aromatic carbocycles. The fraction of sp³-hybridized carbons (Fsp3) is 0.167. The molecule has 0 aliphatic rings. The van der Waals surface area contributed by atoms with Crippen LogP contribution in [-0.2, 0) is 9.53 Å². The molecule has 0 fully saturated rings. The van der Waals surface area contributed by atoms with E-state index in [0.29, 0.717) is 16.9 Å². The topological polar surface area (TPSA) is 52.6 Å². The predicted molar refractivity (Wildman–Crippen MR) is 107 cm³/mol. The standard InChI is InChI=1S/C24H22O4/c1-17-8-12-19(13-9-17)23(26)24(20-14-10-18(2)11-15-20)28-22(25)16-27-21-6-4-3-5-7-21/h3-15,24H,16H2,1-2H3/t24-/m1/s1. The van der Waals surface area contributed by atoms with Gasteiger partial charge in [-0.2, -0.15) is 0 Å². The molecule has 142 valence electrons. The van der Waals surface area contributed by atoms with Gasteiger partial charge in [0.15, 0.2) is 12.7 Å². The van der Waals surface area contributed by atoms with Gasteiger partial charge >= 0.3 is 5.97 Å². The number of para-hydroxylation sites is 1. The maximum atomic E-state index is 13.0. The van der Waals surface area contributed by atoms with Crippen LogP contribution >= 0.6 is 0 Å². The zero-order valence-electron chi connectivity index (χ0n) is 15.9. The van der Waals surface area contributed by atoms with Crippen LogP contribution in [0.3, 0.4) is 0 Å². The monoisotopic (exact) mass is 374 g/mol. The van der Waals surface area contributed by atoms with E-state index in [4.69, 9.17) is 9.47 Å². The summed E-state index contributed by atoms with van der Waals surface area (Å²) in [5.41, 5.74) is 3.23. The lowest BCUT2D eigenvalue weighted by Gasteiger charge is -2.18. The normalized spacial score (nSPS) is 11.5. The Kier molecular flexibility index (Phi) is 6.22. The minimum Gasteiger partial charge on any atom is -0.482 e. The number of esters is 1. The van der Waals surface area contributed by atoms with Crippen molar-refractivity contribution < 1.29 is 19.1 Å². The molecule has 0 aliphatic carbocycles. The number of hydrogen-bond acceptors (Lipinski definition) is 4. The van der Waals surface area contributed by atoms with Gasteiger partial charge in [0.2, 0.25) is 5.78 Å². The van der Waals surface area contributed by atoms with E-state index in [-0.39, 0.29) is 12.4 Å². The third-order valence-corrected chi connectivity index (χ3v) is 4.30. The number of benzene rings is 3. The molecule has 0 saturated carbocycles. The summed E-state index contributed by atoms with van der Waals surface area (Å²) in [4.78, 5) is 25.4. The molecule has 0 aromatic heterocycles. The second kappa shape index (κ2) is 9.00. The molecule has 3 rings (SSSR count). The van der Waals surface area contributed by atoms with Gasteiger partial charge in [-0.3, -0.25) is 4.79 Å². The molecule has 0 bridgehead atoms. The summed E-state index contributed by atoms with van der Waals surface area (Å²) in [6.07, 6.45) is -1.02. The second-order valence-electron chi connectivity index (χ2n) is 6.61. The van der Waals surface area contributed by atoms with Crippen LogP contribution in [0.1, 0.15) is 33.2 Å². The van der Waals surface area contributed by atoms with Crippen molar-refractivity contribution >= 4 is 11.8 Å². The summed E-state index contributed by atoms with van der Waals surface area (Å²) in [7, 11) is 0. The van der Waals surface area contributed by atoms with Crippen molar-refractivity contribution in [3.8, 4) is 5.75 Å². The third-order valence-electron chi connectivity index (χ3n) is 4.30. The third kappa shape index (κ3) is 5.07. The minimum absolute atomic E-state index is 0.267. The van der Waals surface area contributed by atoms with Gasteiger partial charge in [-0.15, -0.1) is 0 Å². The van der Waals surface area contributed by atoms with Gasteiger partial charge in [-0.05, 0) is 26.0 Å². The van der Waals surface area contributed by atoms with Crippen LogP contribution in [0.2, 0.25) is 0 Å². The SMILES string of the molecule is Cc1ccc(C(=O)[C@H](OC(=O)COc2ccccc2)c2ccc(C)cc2)cc1. The maximum absolute atomic E-state index is 13.0. The highest BCUT2D eigenvalue weighted by atomic mass is 16.6. The van der Waals surface area contributed by atoms with Crippen molar-refractivity contribution in [2.45, 2.75) is 20.0 Å². The van der Waals surface area contributed by atoms with E-state index < -0.39 is 12.1 Å². The number of ketones is 1. The van der Waals surface area contributed by atoms with E-state index in [2.05, 4.69) is 0 Å². The molecule has 1 atom stereocenters. The highest BCUT2D eigenvalue weighted by molar-refractivity contribution is 6.01. The highest BCUT2D eigenvalue weighted by Gasteiger charge is 2.26. The van der Waals surface area contributed by atoms with Crippen LogP contribution in [-0.4, -0.2) is 18.4 Å². The summed E-state index contributed by atoms with van der Waals surface area (Å²) < 4.78 is 11.0. The smallest absolute Gasteiger partial charge is 0.345 e. The second-order valence-corrected chi connectivity index (χ2v) is 6.61. The van der Waals surface area contributed by atoms with E-state index in [0.717, 1.165) is 11.1 Å². The van der Waals surface area contributed by atoms with Gasteiger partial charge in [0, 0.05) is 11.1 Å². The van der Waals surface area contributed by atoms with Crippen molar-refractivity contribution in [1.82, 2.24) is 0 Å². The molecule has 0 heterocycles. The Morgan fingerprint density at radius 3 is 1.96 bits per heavy atom. The number of rotatable bonds is 7. The molecular weight excluding hydrogens is 352 g/mol. The fourth-order valence-electron chi connectivity index (χ4n) is 2.71. The number of Topliss-reactive ketones (excluding diaryl/α,β-unsaturated/α-hetero) is 1. The van der Waals surface area contributed by atoms with Crippen LogP contribution in [0, 0.1) is 13.8 Å². The van der Waals surface area contributed by atoms with Gasteiger partial charge in [-0.25, -0.2) is 4.79 Å². The highest BCUT2D eigenvalue weighted by Crippen LogP contribution is 2.24. The Balaban J connectivity index is 1.77. The molecule has 0 aliphatic heterocycles. The number of carbonyl (C=O) groups excluding carboxylic acids is 2. The molecule has 0 saturated heterocycles. The Morgan fingerprint density at radius 1 is 0.786 bits per heavy atom. The summed E-state index contributed by atoms with van der Waals surface area (Å²) >= 11 is 0. The van der Waals surface area contributed by atoms with Gasteiger partial charge in [-0.1, -0.05) is 77.9 Å². The first kappa shape index (κ1) is 19.4. The first-order valence-corrected chi connectivity index (χ1v) is 9.08. The largest absolute Gasteiger partial charge is 0.482 e. The fourth-order valence-corrected chi connectivity index (χ4v) is 2.71. The number of aryl methyl sites for hydroxylation is 2. The summed E-state index contributed by atoms with van der Waals surface area (Å²) in [5.74, 6) is -0.303. The van der Waals surface area contributed by atoms with E-state index in [9.17, 15) is 9.59 Å². The zero-order chi connectivity index (χ0) is 19.9. The van der Waals surface area contributed by atoms with Crippen LogP contribution in [0.4, 0.5) is 0 Å². The quantitative estimate of drug-likeness (QED) is 0.438. The average molecular weight is 374 g/mol. The predicted octanol–water partition coefficient (Wildman–Crippen LogP) is 4.85. The lowest BCUT2D eigenvalue weighted by Crippen LogP contribution is -2.23. The number of ether oxygens (including phenoxy) is 2. The molecule has 4 heteroatoms. The molecule has 0 radical (unpaired) electrons. The van der Waals surface area contributed by atoms with Gasteiger partial charge in [0.1, 0.15) is 5.75 Å². The van der Waals surface area contributed by atoms with Crippen molar-refractivity contribution in [3.63, 3.8) is 0 Å². The maximum Gasteiger partial charge on any atom is 0.345 e. The van der Waals surface area contributed by atoms with Crippen LogP contribution in [0.15, 0.2) is 78.9 Å². The lowest BCUT2D eigenvalue weighted by atomic mass is 9.98. The molecule has 28 heavy (non-hydrogen) atoms. The van der Waals surface area contributed by atoms with Crippen LogP contribution in [0.25, 0.3) is 0 Å². The zero-order valence-corrected chi connectivity index (χ0v) is 15.9. The van der Waals surface area contributed by atoms with Crippen molar-refractivity contribution in [1.29, 1.82) is 0 Å². The van der Waals surface area contributed by atoms with Gasteiger partial charge < -0.3 is 9.47 Å². The molecule has 0 unspecified atom stereocenters. The lowest BCUT2D eigenvalue weighted by molar-refractivity contribution is -0.149. The molecule has 0 amide bonds. The molecule has 0 N–H and O–H groups in total. The van der Waals surface area contributed by atoms with Crippen molar-refractivity contribution in [2.75, 3.05) is 6.61 Å². The van der Waals surface area contributed by atoms with E-state index in [1.165, 1.54) is 0 Å². The number of carbonyl (C=O) groups is 2. The first-order chi connectivity index (χ1) is 13.5. The minimum atomic E-state index is -1.02. The first-order valence-electron chi connectivity index (χ1n) is 9.08. The van der Waals surface area contributed by atoms with E-state index in [1.807, 2.05) is 56.3 Å². The Hall–Kier alpha value is -3.40. The summed E-state index contributed by atoms with van der Waals surface area (Å²) in [6.45, 7) is 3.64. The summed E-state index contributed by atoms with van der Waals surface area (Å²) in [6, 6.07) is 23.6. The number of hydrogen-bond donors (Lipinski definition) is 0. The molecular formula is C24H22O4. The van der Waals surface area contributed by atoms with Crippen LogP contribution in [0.5, 0.6) is 5.75 Å². The van der Waals surface area contributed by atoms with Crippen LogP contribution < -0.4 is 4.74 Å². The molecule has 4 nitrogen and oxygen atoms in total. The van der Waals surface area contributed by atoms with E-state index >= 15 is 0 Å². The van der Waals surface area contributed by atoms with Crippen molar-refractivity contribution in [2.24, 2.45) is 0 Å². The van der Waals surface area contributed by atoms with E-state index in [1.54, 1.807) is 36.4 Å². The molecule has 0 spiro atoms. The summed E-state index contributed by atoms with van der Waals surface area (Å²) in [5, 5.41) is 0. The van der Waals surface area contributed by atoms with Crippen molar-refractivity contribution in [3.05, 3.63) is 101 Å². The Morgan fingerprint density at radius 2 is 1.36 bits per heavy atom. The Labute approximate surface area is 164 Å².